The van der Waals surface area contributed by atoms with E-state index in [1.54, 1.807) is 18.3 Å². The molecule has 4 aromatic rings. The number of anilines is 2. The quantitative estimate of drug-likeness (QED) is 0.293. The van der Waals surface area contributed by atoms with Crippen molar-refractivity contribution in [3.63, 3.8) is 0 Å². The Kier molecular flexibility index (Phi) is 7.32. The maximum atomic E-state index is 13.0. The SMILES string of the molecule is Cc1cc(Nc2nccc(C(F)(F)F)n2)cc(-c2cnc([C@]3(O)CC[C@H](C(=O)NCc4ncon4)CC3)s2)c1. The zero-order valence-corrected chi connectivity index (χ0v) is 21.5. The predicted molar refractivity (Wildman–Crippen MR) is 135 cm³/mol. The average molecular weight is 560 g/mol. The zero-order valence-electron chi connectivity index (χ0n) is 20.7. The first-order chi connectivity index (χ1) is 18.6. The van der Waals surface area contributed by atoms with Crippen LogP contribution in [0.4, 0.5) is 24.8 Å². The standard InChI is InChI=1S/C25H24F3N7O3S/c1-14-8-16(10-17(9-14)33-23-29-7-4-19(34-23)25(26,27)28)18-11-31-22(39-18)24(37)5-2-15(3-6-24)21(36)30-12-20-32-13-38-35-20/h4,7-11,13,15,37H,2-3,5-6,12H2,1H3,(H,30,36)(H,29,33,34)/t15-,24-. The van der Waals surface area contributed by atoms with Crippen molar-refractivity contribution in [2.24, 2.45) is 5.92 Å². The number of aromatic nitrogens is 5. The second-order valence-corrected chi connectivity index (χ2v) is 10.4. The summed E-state index contributed by atoms with van der Waals surface area (Å²) in [5, 5.41) is 21.2. The third-order valence-electron chi connectivity index (χ3n) is 6.48. The molecule has 204 valence electrons. The summed E-state index contributed by atoms with van der Waals surface area (Å²) in [6.07, 6.45) is 1.11. The lowest BCUT2D eigenvalue weighted by molar-refractivity contribution is -0.141. The van der Waals surface area contributed by atoms with Crippen LogP contribution < -0.4 is 10.6 Å². The minimum absolute atomic E-state index is 0.119. The highest BCUT2D eigenvalue weighted by Gasteiger charge is 2.39. The third kappa shape index (κ3) is 6.23. The van der Waals surface area contributed by atoms with Crippen LogP contribution in [-0.4, -0.2) is 36.1 Å². The number of carbonyl (C=O) groups is 1. The van der Waals surface area contributed by atoms with Gasteiger partial charge >= 0.3 is 6.18 Å². The predicted octanol–water partition coefficient (Wildman–Crippen LogP) is 4.75. The molecule has 3 aromatic heterocycles. The van der Waals surface area contributed by atoms with E-state index in [2.05, 4.69) is 40.2 Å². The summed E-state index contributed by atoms with van der Waals surface area (Å²) in [5.74, 6) is -0.132. The molecule has 3 N–H and O–H groups in total. The van der Waals surface area contributed by atoms with Gasteiger partial charge in [0, 0.05) is 24.0 Å². The number of halogens is 3. The van der Waals surface area contributed by atoms with Gasteiger partial charge < -0.3 is 20.3 Å². The smallest absolute Gasteiger partial charge is 0.383 e. The molecule has 3 heterocycles. The Morgan fingerprint density at radius 2 is 2.00 bits per heavy atom. The van der Waals surface area contributed by atoms with Crippen LogP contribution >= 0.6 is 11.3 Å². The zero-order chi connectivity index (χ0) is 27.6. The Morgan fingerprint density at radius 1 is 1.21 bits per heavy atom. The fraction of sp³-hybridized carbons (Fsp3) is 0.360. The van der Waals surface area contributed by atoms with Crippen LogP contribution in [0.3, 0.4) is 0 Å². The van der Waals surface area contributed by atoms with Gasteiger partial charge in [-0.3, -0.25) is 4.79 Å². The highest BCUT2D eigenvalue weighted by molar-refractivity contribution is 7.15. The van der Waals surface area contributed by atoms with Crippen LogP contribution in [0.2, 0.25) is 0 Å². The van der Waals surface area contributed by atoms with Crippen molar-refractivity contribution in [2.75, 3.05) is 5.32 Å². The molecule has 0 saturated heterocycles. The summed E-state index contributed by atoms with van der Waals surface area (Å²) in [5.41, 5.74) is -0.0171. The van der Waals surface area contributed by atoms with Crippen molar-refractivity contribution < 1.29 is 27.6 Å². The average Bonchev–Trinajstić information content (AvgIpc) is 3.60. The molecule has 5 rings (SSSR count). The van der Waals surface area contributed by atoms with E-state index in [4.69, 9.17) is 0 Å². The maximum absolute atomic E-state index is 13.0. The molecule has 0 unspecified atom stereocenters. The van der Waals surface area contributed by atoms with Crippen LogP contribution in [0.5, 0.6) is 0 Å². The number of benzene rings is 1. The van der Waals surface area contributed by atoms with E-state index >= 15 is 0 Å². The van der Waals surface area contributed by atoms with Gasteiger partial charge in [-0.2, -0.15) is 18.2 Å². The molecule has 1 saturated carbocycles. The molecule has 0 atom stereocenters. The largest absolute Gasteiger partial charge is 0.433 e. The number of alkyl halides is 3. The lowest BCUT2D eigenvalue weighted by Gasteiger charge is -2.33. The van der Waals surface area contributed by atoms with Crippen molar-refractivity contribution in [3.05, 3.63) is 65.1 Å². The minimum Gasteiger partial charge on any atom is -0.383 e. The number of hydrogen-bond acceptors (Lipinski definition) is 10. The topological polar surface area (TPSA) is 139 Å². The van der Waals surface area contributed by atoms with Gasteiger partial charge in [0.25, 0.3) is 0 Å². The molecule has 1 aliphatic rings. The van der Waals surface area contributed by atoms with E-state index in [1.165, 1.54) is 17.7 Å². The second kappa shape index (κ2) is 10.7. The number of nitrogens with one attached hydrogen (secondary N) is 2. The summed E-state index contributed by atoms with van der Waals surface area (Å²) in [6, 6.07) is 6.27. The lowest BCUT2D eigenvalue weighted by atomic mass is 9.78. The van der Waals surface area contributed by atoms with Gasteiger partial charge in [-0.1, -0.05) is 11.2 Å². The van der Waals surface area contributed by atoms with Crippen LogP contribution in [0.25, 0.3) is 10.4 Å². The van der Waals surface area contributed by atoms with E-state index in [-0.39, 0.29) is 24.3 Å². The number of hydrogen-bond donors (Lipinski definition) is 3. The van der Waals surface area contributed by atoms with Gasteiger partial charge in [-0.15, -0.1) is 11.3 Å². The van der Waals surface area contributed by atoms with Crippen LogP contribution in [-0.2, 0) is 23.1 Å². The summed E-state index contributed by atoms with van der Waals surface area (Å²) >= 11 is 1.34. The molecule has 0 radical (unpaired) electrons. The van der Waals surface area contributed by atoms with Crippen LogP contribution in [0, 0.1) is 12.8 Å². The van der Waals surface area contributed by atoms with E-state index in [0.717, 1.165) is 28.3 Å². The number of thiazole rings is 1. The summed E-state index contributed by atoms with van der Waals surface area (Å²) in [6.45, 7) is 2.04. The minimum atomic E-state index is -4.57. The van der Waals surface area contributed by atoms with Crippen molar-refractivity contribution in [1.82, 2.24) is 30.4 Å². The molecule has 0 aliphatic heterocycles. The molecule has 39 heavy (non-hydrogen) atoms. The third-order valence-corrected chi connectivity index (χ3v) is 7.72. The van der Waals surface area contributed by atoms with Gasteiger partial charge in [-0.05, 0) is 61.9 Å². The molecule has 0 bridgehead atoms. The van der Waals surface area contributed by atoms with E-state index < -0.39 is 17.5 Å². The summed E-state index contributed by atoms with van der Waals surface area (Å²) in [7, 11) is 0. The molecule has 0 spiro atoms. The monoisotopic (exact) mass is 559 g/mol. The van der Waals surface area contributed by atoms with Crippen molar-refractivity contribution in [3.8, 4) is 10.4 Å². The number of rotatable bonds is 7. The van der Waals surface area contributed by atoms with E-state index in [1.807, 2.05) is 13.0 Å². The highest BCUT2D eigenvalue weighted by Crippen LogP contribution is 2.43. The summed E-state index contributed by atoms with van der Waals surface area (Å²) in [4.78, 5) is 29.1. The molecular weight excluding hydrogens is 535 g/mol. The maximum Gasteiger partial charge on any atom is 0.433 e. The Hall–Kier alpha value is -3.91. The first-order valence-corrected chi connectivity index (χ1v) is 12.9. The van der Waals surface area contributed by atoms with Crippen LogP contribution in [0.1, 0.15) is 47.8 Å². The normalized spacial score (nSPS) is 19.6. The number of carbonyl (C=O) groups excluding carboxylic acids is 1. The Balaban J connectivity index is 1.25. The second-order valence-electron chi connectivity index (χ2n) is 9.38. The van der Waals surface area contributed by atoms with Gasteiger partial charge in [0.1, 0.15) is 16.3 Å². The number of nitrogens with zero attached hydrogens (tertiary/aromatic N) is 5. The van der Waals surface area contributed by atoms with Crippen molar-refractivity contribution >= 4 is 28.9 Å². The number of aliphatic hydroxyl groups is 1. The molecule has 10 nitrogen and oxygen atoms in total. The van der Waals surface area contributed by atoms with Gasteiger partial charge in [0.2, 0.25) is 18.2 Å². The van der Waals surface area contributed by atoms with E-state index in [0.29, 0.717) is 42.2 Å². The van der Waals surface area contributed by atoms with Gasteiger partial charge in [-0.25, -0.2) is 15.0 Å². The molecule has 14 heteroatoms. The van der Waals surface area contributed by atoms with Gasteiger partial charge in [0.15, 0.2) is 5.82 Å². The number of aryl methyl sites for hydroxylation is 1. The molecule has 1 aliphatic carbocycles. The lowest BCUT2D eigenvalue weighted by Crippen LogP contribution is -2.38. The molecule has 1 fully saturated rings. The number of amides is 1. The van der Waals surface area contributed by atoms with Crippen molar-refractivity contribution in [2.45, 2.75) is 50.9 Å². The first kappa shape index (κ1) is 26.7. The fourth-order valence-corrected chi connectivity index (χ4v) is 5.53. The summed E-state index contributed by atoms with van der Waals surface area (Å²) < 4.78 is 43.7. The van der Waals surface area contributed by atoms with E-state index in [9.17, 15) is 23.1 Å². The van der Waals surface area contributed by atoms with Crippen LogP contribution in [0.15, 0.2) is 47.6 Å². The van der Waals surface area contributed by atoms with Gasteiger partial charge in [0.05, 0.1) is 11.4 Å². The fourth-order valence-electron chi connectivity index (χ4n) is 4.48. The molecule has 1 aromatic carbocycles. The molecule has 1 amide bonds. The van der Waals surface area contributed by atoms with Crippen molar-refractivity contribution in [1.29, 1.82) is 0 Å². The Labute approximate surface area is 224 Å². The Bertz CT molecular complexity index is 1450. The Morgan fingerprint density at radius 3 is 2.72 bits per heavy atom. The molecular formula is C25H24F3N7O3S. The first-order valence-electron chi connectivity index (χ1n) is 12.1. The highest BCUT2D eigenvalue weighted by atomic mass is 32.1.